The number of benzene rings is 1. The molecular formula is C15H12BrNO2S. The highest BCUT2D eigenvalue weighted by atomic mass is 79.9. The molecule has 0 saturated heterocycles. The number of rotatable bonds is 4. The number of nitriles is 1. The van der Waals surface area contributed by atoms with E-state index in [1.165, 1.54) is 18.4 Å². The van der Waals surface area contributed by atoms with Crippen LogP contribution in [0, 0.1) is 18.3 Å². The molecule has 0 N–H and O–H groups in total. The molecule has 0 fully saturated rings. The smallest absolute Gasteiger partial charge is 0.195 e. The van der Waals surface area contributed by atoms with Crippen molar-refractivity contribution in [2.24, 2.45) is 0 Å². The van der Waals surface area contributed by atoms with Crippen molar-refractivity contribution in [3.63, 3.8) is 0 Å². The summed E-state index contributed by atoms with van der Waals surface area (Å²) < 4.78 is 5.99. The first-order valence-electron chi connectivity index (χ1n) is 5.89. The van der Waals surface area contributed by atoms with Crippen LogP contribution in [0.4, 0.5) is 0 Å². The standard InChI is InChI=1S/C15H12BrNO2S/c1-9-3-4-13(19-2)10(7-9)11(8-17)14(18)15-12(16)5-6-20-15/h3-7,11H,1-2H3. The fourth-order valence-corrected chi connectivity index (χ4v) is 3.49. The van der Waals surface area contributed by atoms with Crippen LogP contribution in [0.5, 0.6) is 5.75 Å². The fourth-order valence-electron chi connectivity index (χ4n) is 1.95. The lowest BCUT2D eigenvalue weighted by Gasteiger charge is -2.13. The minimum atomic E-state index is -0.861. The molecular weight excluding hydrogens is 338 g/mol. The van der Waals surface area contributed by atoms with Gasteiger partial charge in [-0.05, 0) is 40.4 Å². The van der Waals surface area contributed by atoms with Gasteiger partial charge < -0.3 is 4.74 Å². The van der Waals surface area contributed by atoms with Crippen molar-refractivity contribution in [2.75, 3.05) is 7.11 Å². The Morgan fingerprint density at radius 3 is 2.75 bits per heavy atom. The Balaban J connectivity index is 2.49. The van der Waals surface area contributed by atoms with E-state index in [-0.39, 0.29) is 5.78 Å². The Labute approximate surface area is 129 Å². The molecule has 1 aromatic carbocycles. The van der Waals surface area contributed by atoms with Crippen molar-refractivity contribution in [2.45, 2.75) is 12.8 Å². The molecule has 0 aliphatic rings. The van der Waals surface area contributed by atoms with Crippen molar-refractivity contribution < 1.29 is 9.53 Å². The number of hydrogen-bond donors (Lipinski definition) is 0. The molecule has 1 atom stereocenters. The van der Waals surface area contributed by atoms with Crippen LogP contribution in [0.1, 0.15) is 26.7 Å². The Morgan fingerprint density at radius 1 is 1.45 bits per heavy atom. The Bertz CT molecular complexity index is 687. The molecule has 0 aliphatic heterocycles. The van der Waals surface area contributed by atoms with Crippen LogP contribution in [-0.2, 0) is 0 Å². The van der Waals surface area contributed by atoms with Crippen LogP contribution in [0.15, 0.2) is 34.1 Å². The highest BCUT2D eigenvalue weighted by Crippen LogP contribution is 2.33. The van der Waals surface area contributed by atoms with Crippen LogP contribution in [0.2, 0.25) is 0 Å². The quantitative estimate of drug-likeness (QED) is 0.772. The normalized spacial score (nSPS) is 11.7. The van der Waals surface area contributed by atoms with Gasteiger partial charge in [-0.2, -0.15) is 5.26 Å². The van der Waals surface area contributed by atoms with E-state index in [9.17, 15) is 10.1 Å². The molecule has 2 aromatic rings. The Morgan fingerprint density at radius 2 is 2.20 bits per heavy atom. The van der Waals surface area contributed by atoms with Gasteiger partial charge in [0.2, 0.25) is 0 Å². The van der Waals surface area contributed by atoms with Gasteiger partial charge in [-0.25, -0.2) is 0 Å². The van der Waals surface area contributed by atoms with E-state index >= 15 is 0 Å². The first kappa shape index (κ1) is 14.8. The molecule has 0 aliphatic carbocycles. The zero-order chi connectivity index (χ0) is 14.7. The zero-order valence-electron chi connectivity index (χ0n) is 11.0. The summed E-state index contributed by atoms with van der Waals surface area (Å²) in [5, 5.41) is 11.2. The monoisotopic (exact) mass is 349 g/mol. The average Bonchev–Trinajstić information content (AvgIpc) is 2.86. The summed E-state index contributed by atoms with van der Waals surface area (Å²) in [7, 11) is 1.54. The minimum Gasteiger partial charge on any atom is -0.496 e. The van der Waals surface area contributed by atoms with Crippen molar-refractivity contribution in [3.8, 4) is 11.8 Å². The van der Waals surface area contributed by atoms with E-state index in [1.54, 1.807) is 12.1 Å². The maximum atomic E-state index is 12.5. The largest absolute Gasteiger partial charge is 0.496 e. The number of halogens is 1. The summed E-state index contributed by atoms with van der Waals surface area (Å²) in [4.78, 5) is 13.1. The third-order valence-corrected chi connectivity index (χ3v) is 4.78. The van der Waals surface area contributed by atoms with Gasteiger partial charge in [0.05, 0.1) is 18.1 Å². The zero-order valence-corrected chi connectivity index (χ0v) is 13.4. The van der Waals surface area contributed by atoms with Crippen LogP contribution >= 0.6 is 27.3 Å². The topological polar surface area (TPSA) is 50.1 Å². The van der Waals surface area contributed by atoms with E-state index in [0.29, 0.717) is 16.2 Å². The minimum absolute atomic E-state index is 0.210. The van der Waals surface area contributed by atoms with Gasteiger partial charge in [-0.15, -0.1) is 11.3 Å². The number of thiophene rings is 1. The summed E-state index contributed by atoms with van der Waals surface area (Å²) in [6, 6.07) is 9.40. The van der Waals surface area contributed by atoms with Gasteiger partial charge >= 0.3 is 0 Å². The molecule has 2 rings (SSSR count). The van der Waals surface area contributed by atoms with Gasteiger partial charge in [0.15, 0.2) is 5.78 Å². The number of carbonyl (C=O) groups is 1. The Hall–Kier alpha value is -1.64. The van der Waals surface area contributed by atoms with Gasteiger partial charge in [0, 0.05) is 10.0 Å². The maximum absolute atomic E-state index is 12.5. The number of hydrogen-bond acceptors (Lipinski definition) is 4. The second-order valence-corrected chi connectivity index (χ2v) is 6.04. The second-order valence-electron chi connectivity index (χ2n) is 4.27. The third kappa shape index (κ3) is 2.77. The molecule has 5 heteroatoms. The summed E-state index contributed by atoms with van der Waals surface area (Å²) in [5.74, 6) is -0.513. The van der Waals surface area contributed by atoms with Crippen molar-refractivity contribution in [3.05, 3.63) is 50.1 Å². The molecule has 0 radical (unpaired) electrons. The predicted molar refractivity (Wildman–Crippen MR) is 82.4 cm³/mol. The fraction of sp³-hybridized carbons (Fsp3) is 0.200. The molecule has 102 valence electrons. The van der Waals surface area contributed by atoms with Gasteiger partial charge in [-0.1, -0.05) is 17.7 Å². The molecule has 0 bridgehead atoms. The van der Waals surface area contributed by atoms with E-state index < -0.39 is 5.92 Å². The predicted octanol–water partition coefficient (Wildman–Crippen LogP) is 4.32. The van der Waals surface area contributed by atoms with E-state index in [1.807, 2.05) is 24.4 Å². The first-order chi connectivity index (χ1) is 9.58. The lowest BCUT2D eigenvalue weighted by Crippen LogP contribution is -2.12. The second kappa shape index (κ2) is 6.21. The van der Waals surface area contributed by atoms with Crippen LogP contribution in [0.25, 0.3) is 0 Å². The summed E-state index contributed by atoms with van der Waals surface area (Å²) in [6.45, 7) is 1.92. The summed E-state index contributed by atoms with van der Waals surface area (Å²) >= 11 is 4.66. The lowest BCUT2D eigenvalue weighted by atomic mass is 9.93. The molecule has 20 heavy (non-hydrogen) atoms. The van der Waals surface area contributed by atoms with Crippen LogP contribution in [0.3, 0.4) is 0 Å². The molecule has 0 amide bonds. The number of aryl methyl sites for hydroxylation is 1. The number of ketones is 1. The molecule has 1 heterocycles. The SMILES string of the molecule is COc1ccc(C)cc1C(C#N)C(=O)c1sccc1Br. The van der Waals surface area contributed by atoms with Gasteiger partial charge in [0.1, 0.15) is 11.7 Å². The van der Waals surface area contributed by atoms with Crippen LogP contribution in [-0.4, -0.2) is 12.9 Å². The third-order valence-electron chi connectivity index (χ3n) is 2.93. The maximum Gasteiger partial charge on any atom is 0.195 e. The molecule has 1 unspecified atom stereocenters. The summed E-state index contributed by atoms with van der Waals surface area (Å²) in [6.07, 6.45) is 0. The lowest BCUT2D eigenvalue weighted by molar-refractivity contribution is 0.0981. The average molecular weight is 350 g/mol. The number of ether oxygens (including phenoxy) is 1. The Kier molecular flexibility index (Phi) is 4.58. The van der Waals surface area contributed by atoms with E-state index in [0.717, 1.165) is 10.0 Å². The number of carbonyl (C=O) groups excluding carboxylic acids is 1. The van der Waals surface area contributed by atoms with Gasteiger partial charge in [-0.3, -0.25) is 4.79 Å². The first-order valence-corrected chi connectivity index (χ1v) is 7.57. The van der Waals surface area contributed by atoms with E-state index in [2.05, 4.69) is 22.0 Å². The highest BCUT2D eigenvalue weighted by Gasteiger charge is 2.27. The summed E-state index contributed by atoms with van der Waals surface area (Å²) in [5.41, 5.74) is 1.60. The number of methoxy groups -OCH3 is 1. The van der Waals surface area contributed by atoms with E-state index in [4.69, 9.17) is 4.74 Å². The van der Waals surface area contributed by atoms with Crippen molar-refractivity contribution in [1.29, 1.82) is 5.26 Å². The van der Waals surface area contributed by atoms with Crippen LogP contribution < -0.4 is 4.74 Å². The molecule has 3 nitrogen and oxygen atoms in total. The molecule has 0 spiro atoms. The van der Waals surface area contributed by atoms with Crippen molar-refractivity contribution in [1.82, 2.24) is 0 Å². The molecule has 1 aromatic heterocycles. The number of nitrogens with zero attached hydrogens (tertiary/aromatic N) is 1. The molecule has 0 saturated carbocycles. The highest BCUT2D eigenvalue weighted by molar-refractivity contribution is 9.10. The van der Waals surface area contributed by atoms with Gasteiger partial charge in [0.25, 0.3) is 0 Å². The van der Waals surface area contributed by atoms with Crippen molar-refractivity contribution >= 4 is 33.0 Å². The number of Topliss-reactive ketones (excluding diaryl/α,β-unsaturated/α-hetero) is 1.